The van der Waals surface area contributed by atoms with E-state index in [4.69, 9.17) is 0 Å². The first-order valence-corrected chi connectivity index (χ1v) is 8.84. The Morgan fingerprint density at radius 2 is 1.38 bits per heavy atom. The minimum atomic E-state index is -0.0469. The van der Waals surface area contributed by atoms with Crippen molar-refractivity contribution in [3.05, 3.63) is 35.9 Å². The maximum absolute atomic E-state index is 12.5. The third kappa shape index (κ3) is 4.19. The Hall–Kier alpha value is -2.24. The van der Waals surface area contributed by atoms with Gasteiger partial charge < -0.3 is 20.0 Å². The summed E-state index contributed by atoms with van der Waals surface area (Å²) in [4.78, 5) is 30.5. The van der Waals surface area contributed by atoms with Crippen molar-refractivity contribution < 1.29 is 9.59 Å². The number of nitrogens with zero attached hydrogens (tertiary/aromatic N) is 3. The van der Waals surface area contributed by atoms with Crippen molar-refractivity contribution in [2.45, 2.75) is 25.8 Å². The second kappa shape index (κ2) is 8.04. The number of rotatable bonds is 2. The van der Waals surface area contributed by atoms with E-state index in [9.17, 15) is 9.59 Å². The van der Waals surface area contributed by atoms with Gasteiger partial charge in [0.1, 0.15) is 0 Å². The molecule has 0 radical (unpaired) electrons. The van der Waals surface area contributed by atoms with Crippen molar-refractivity contribution in [1.29, 1.82) is 0 Å². The zero-order valence-electron chi connectivity index (χ0n) is 14.1. The number of hydrogen-bond acceptors (Lipinski definition) is 2. The third-order valence-corrected chi connectivity index (χ3v) is 4.72. The van der Waals surface area contributed by atoms with Crippen molar-refractivity contribution in [3.8, 4) is 0 Å². The molecule has 2 saturated heterocycles. The predicted molar refractivity (Wildman–Crippen MR) is 92.6 cm³/mol. The zero-order valence-corrected chi connectivity index (χ0v) is 14.1. The van der Waals surface area contributed by atoms with E-state index in [0.717, 1.165) is 44.5 Å². The molecule has 0 bridgehead atoms. The summed E-state index contributed by atoms with van der Waals surface area (Å²) >= 11 is 0. The fraction of sp³-hybridized carbons (Fsp3) is 0.556. The van der Waals surface area contributed by atoms with Crippen LogP contribution in [0.25, 0.3) is 0 Å². The molecule has 1 aromatic rings. The van der Waals surface area contributed by atoms with E-state index in [-0.39, 0.29) is 12.1 Å². The van der Waals surface area contributed by atoms with Crippen LogP contribution in [-0.2, 0) is 6.54 Å². The molecule has 4 amide bonds. The number of carbonyl (C=O) groups is 2. The molecular formula is C18H26N4O2. The maximum Gasteiger partial charge on any atom is 0.320 e. The third-order valence-electron chi connectivity index (χ3n) is 4.72. The van der Waals surface area contributed by atoms with Crippen molar-refractivity contribution in [2.75, 3.05) is 39.3 Å². The molecule has 0 spiro atoms. The van der Waals surface area contributed by atoms with Crippen LogP contribution in [0.4, 0.5) is 9.59 Å². The Kier molecular flexibility index (Phi) is 5.56. The predicted octanol–water partition coefficient (Wildman–Crippen LogP) is 2.12. The fourth-order valence-electron chi connectivity index (χ4n) is 3.31. The summed E-state index contributed by atoms with van der Waals surface area (Å²) in [6, 6.07) is 9.99. The number of likely N-dealkylation sites (tertiary alicyclic amines) is 1. The van der Waals surface area contributed by atoms with Crippen LogP contribution in [0, 0.1) is 0 Å². The van der Waals surface area contributed by atoms with Gasteiger partial charge in [-0.25, -0.2) is 9.59 Å². The highest BCUT2D eigenvalue weighted by Gasteiger charge is 2.26. The highest BCUT2D eigenvalue weighted by Crippen LogP contribution is 2.13. The highest BCUT2D eigenvalue weighted by atomic mass is 16.2. The molecule has 130 valence electrons. The molecule has 2 aliphatic heterocycles. The molecule has 24 heavy (non-hydrogen) atoms. The van der Waals surface area contributed by atoms with E-state index in [0.29, 0.717) is 26.2 Å². The summed E-state index contributed by atoms with van der Waals surface area (Å²) in [5, 5.41) is 2.97. The lowest BCUT2D eigenvalue weighted by Crippen LogP contribution is -2.45. The Morgan fingerprint density at radius 1 is 0.792 bits per heavy atom. The first-order valence-electron chi connectivity index (χ1n) is 8.84. The average molecular weight is 330 g/mol. The quantitative estimate of drug-likeness (QED) is 0.903. The van der Waals surface area contributed by atoms with E-state index in [1.807, 2.05) is 45.0 Å². The van der Waals surface area contributed by atoms with Crippen LogP contribution >= 0.6 is 0 Å². The molecule has 2 aliphatic rings. The molecule has 2 fully saturated rings. The molecule has 0 aromatic heterocycles. The van der Waals surface area contributed by atoms with Gasteiger partial charge in [0.25, 0.3) is 0 Å². The summed E-state index contributed by atoms with van der Waals surface area (Å²) in [5.41, 5.74) is 1.09. The van der Waals surface area contributed by atoms with Crippen LogP contribution in [0.3, 0.4) is 0 Å². The molecular weight excluding hydrogens is 304 g/mol. The first kappa shape index (κ1) is 16.6. The van der Waals surface area contributed by atoms with Crippen LogP contribution in [0.2, 0.25) is 0 Å². The minimum absolute atomic E-state index is 0.0469. The number of hydrogen-bond donors (Lipinski definition) is 1. The highest BCUT2D eigenvalue weighted by molar-refractivity contribution is 5.76. The largest absolute Gasteiger partial charge is 0.334 e. The summed E-state index contributed by atoms with van der Waals surface area (Å²) in [7, 11) is 0. The van der Waals surface area contributed by atoms with Crippen molar-refractivity contribution in [2.24, 2.45) is 0 Å². The van der Waals surface area contributed by atoms with Gasteiger partial charge in [-0.15, -0.1) is 0 Å². The maximum atomic E-state index is 12.5. The van der Waals surface area contributed by atoms with Gasteiger partial charge in [0.15, 0.2) is 0 Å². The SMILES string of the molecule is O=C(NCc1ccccc1)N1CCCN(C(=O)N2CCCC2)CC1. The molecule has 0 saturated carbocycles. The van der Waals surface area contributed by atoms with E-state index < -0.39 is 0 Å². The molecule has 6 nitrogen and oxygen atoms in total. The number of benzene rings is 1. The van der Waals surface area contributed by atoms with Crippen LogP contribution in [0.15, 0.2) is 30.3 Å². The Labute approximate surface area is 143 Å². The van der Waals surface area contributed by atoms with Gasteiger partial charge in [0, 0.05) is 45.8 Å². The first-order chi connectivity index (χ1) is 11.7. The van der Waals surface area contributed by atoms with Crippen molar-refractivity contribution in [1.82, 2.24) is 20.0 Å². The molecule has 3 rings (SSSR count). The van der Waals surface area contributed by atoms with Gasteiger partial charge in [0.2, 0.25) is 0 Å². The van der Waals surface area contributed by atoms with Gasteiger partial charge in [0.05, 0.1) is 0 Å². The summed E-state index contributed by atoms with van der Waals surface area (Å²) < 4.78 is 0. The number of carbonyl (C=O) groups excluding carboxylic acids is 2. The van der Waals surface area contributed by atoms with Crippen LogP contribution in [-0.4, -0.2) is 66.0 Å². The second-order valence-electron chi connectivity index (χ2n) is 6.45. The van der Waals surface area contributed by atoms with Crippen molar-refractivity contribution in [3.63, 3.8) is 0 Å². The van der Waals surface area contributed by atoms with Crippen LogP contribution in [0.1, 0.15) is 24.8 Å². The lowest BCUT2D eigenvalue weighted by atomic mass is 10.2. The molecule has 1 aromatic carbocycles. The van der Waals surface area contributed by atoms with Crippen LogP contribution in [0.5, 0.6) is 0 Å². The van der Waals surface area contributed by atoms with E-state index >= 15 is 0 Å². The van der Waals surface area contributed by atoms with Gasteiger partial charge in [-0.1, -0.05) is 30.3 Å². The Morgan fingerprint density at radius 3 is 2.12 bits per heavy atom. The second-order valence-corrected chi connectivity index (χ2v) is 6.45. The molecule has 0 aliphatic carbocycles. The lowest BCUT2D eigenvalue weighted by Gasteiger charge is -2.27. The van der Waals surface area contributed by atoms with Gasteiger partial charge in [-0.2, -0.15) is 0 Å². The standard InChI is InChI=1S/C18H26N4O2/c23-17(19-15-16-7-2-1-3-8-16)20-11-6-12-22(14-13-20)18(24)21-9-4-5-10-21/h1-3,7-8H,4-6,9-15H2,(H,19,23). The Bertz CT molecular complexity index is 557. The van der Waals surface area contributed by atoms with Crippen molar-refractivity contribution >= 4 is 12.1 Å². The summed E-state index contributed by atoms with van der Waals surface area (Å²) in [6.07, 6.45) is 3.04. The fourth-order valence-corrected chi connectivity index (χ4v) is 3.31. The smallest absolute Gasteiger partial charge is 0.320 e. The van der Waals surface area contributed by atoms with E-state index in [2.05, 4.69) is 5.32 Å². The zero-order chi connectivity index (χ0) is 16.8. The number of urea groups is 2. The minimum Gasteiger partial charge on any atom is -0.334 e. The van der Waals surface area contributed by atoms with Crippen LogP contribution < -0.4 is 5.32 Å². The van der Waals surface area contributed by atoms with E-state index in [1.165, 1.54) is 0 Å². The topological polar surface area (TPSA) is 55.9 Å². The number of amides is 4. The summed E-state index contributed by atoms with van der Waals surface area (Å²) in [6.45, 7) is 4.93. The Balaban J connectivity index is 1.47. The number of nitrogens with one attached hydrogen (secondary N) is 1. The van der Waals surface area contributed by atoms with Gasteiger partial charge >= 0.3 is 12.1 Å². The lowest BCUT2D eigenvalue weighted by molar-refractivity contribution is 0.163. The normalized spacial score (nSPS) is 18.4. The monoisotopic (exact) mass is 330 g/mol. The molecule has 1 N–H and O–H groups in total. The molecule has 0 unspecified atom stereocenters. The molecule has 0 atom stereocenters. The average Bonchev–Trinajstić information content (AvgIpc) is 3.04. The van der Waals surface area contributed by atoms with Gasteiger partial charge in [-0.05, 0) is 24.8 Å². The molecule has 2 heterocycles. The van der Waals surface area contributed by atoms with Gasteiger partial charge in [-0.3, -0.25) is 0 Å². The molecule has 6 heteroatoms. The summed E-state index contributed by atoms with van der Waals surface area (Å²) in [5.74, 6) is 0. The van der Waals surface area contributed by atoms with E-state index in [1.54, 1.807) is 0 Å².